The van der Waals surface area contributed by atoms with E-state index in [1.165, 1.54) is 42.2 Å². The van der Waals surface area contributed by atoms with Crippen LogP contribution >= 0.6 is 0 Å². The summed E-state index contributed by atoms with van der Waals surface area (Å²) in [7, 11) is 0. The van der Waals surface area contributed by atoms with Gasteiger partial charge in [-0.05, 0) is 58.4 Å². The molecule has 1 aromatic heterocycles. The molecule has 3 amide bonds. The SMILES string of the molecule is C[C@H](CC1CCC1)C(=O)N1CCC(O)(Cn2cc(C(=O)N3CCN(C(=O)OC(C)(C)C)CC3)c(-c3ccccc3F)cc2=O)C2(CCCC2)C1. The van der Waals surface area contributed by atoms with Gasteiger partial charge in [-0.3, -0.25) is 14.4 Å². The second kappa shape index (κ2) is 14.1. The largest absolute Gasteiger partial charge is 0.444 e. The standard InChI is InChI=1S/C39H53FN4O6/c1-27(22-28-10-9-11-28)34(46)43-17-16-39(49,38(25-43)14-7-8-15-38)26-44-24-31(30(23-33(44)45)29-12-5-6-13-32(29)40)35(47)41-18-20-42(21-19-41)36(48)50-37(2,3)4/h5-6,12-13,23-24,27-28,49H,7-11,14-22,25-26H2,1-4H3/t27-,39?/m1/s1. The van der Waals surface area contributed by atoms with E-state index in [2.05, 4.69) is 0 Å². The molecule has 2 aliphatic carbocycles. The fourth-order valence-electron chi connectivity index (χ4n) is 8.57. The van der Waals surface area contributed by atoms with Crippen molar-refractivity contribution in [2.75, 3.05) is 39.3 Å². The number of carbonyl (C=O) groups excluding carboxylic acids is 3. The Bertz CT molecular complexity index is 1650. The highest BCUT2D eigenvalue weighted by Gasteiger charge is 2.56. The molecule has 2 atom stereocenters. The summed E-state index contributed by atoms with van der Waals surface area (Å²) in [5.41, 5.74) is -2.45. The Morgan fingerprint density at radius 1 is 0.940 bits per heavy atom. The van der Waals surface area contributed by atoms with Crippen molar-refractivity contribution in [3.63, 3.8) is 0 Å². The molecule has 2 aromatic rings. The number of piperidine rings is 1. The van der Waals surface area contributed by atoms with Crippen molar-refractivity contribution in [2.24, 2.45) is 17.3 Å². The van der Waals surface area contributed by atoms with Gasteiger partial charge in [0.25, 0.3) is 11.5 Å². The third-order valence-corrected chi connectivity index (χ3v) is 11.7. The van der Waals surface area contributed by atoms with Gasteiger partial charge >= 0.3 is 6.09 Å². The number of pyridine rings is 1. The van der Waals surface area contributed by atoms with E-state index in [-0.39, 0.29) is 67.1 Å². The summed E-state index contributed by atoms with van der Waals surface area (Å²) in [4.78, 5) is 59.4. The molecule has 11 heteroatoms. The Morgan fingerprint density at radius 3 is 2.22 bits per heavy atom. The van der Waals surface area contributed by atoms with Gasteiger partial charge in [-0.15, -0.1) is 0 Å². The molecule has 0 bridgehead atoms. The molecule has 4 aliphatic rings. The van der Waals surface area contributed by atoms with Crippen molar-refractivity contribution in [2.45, 2.75) is 103 Å². The van der Waals surface area contributed by atoms with E-state index in [4.69, 9.17) is 4.74 Å². The lowest BCUT2D eigenvalue weighted by Crippen LogP contribution is -2.62. The van der Waals surface area contributed by atoms with E-state index in [1.54, 1.807) is 48.8 Å². The zero-order chi connectivity index (χ0) is 35.8. The zero-order valence-corrected chi connectivity index (χ0v) is 30.1. The summed E-state index contributed by atoms with van der Waals surface area (Å²) in [6.07, 6.45) is 9.26. The normalized spacial score (nSPS) is 23.1. The fraction of sp³-hybridized carbons (Fsp3) is 0.641. The second-order valence-corrected chi connectivity index (χ2v) is 16.3. The molecule has 2 aliphatic heterocycles. The van der Waals surface area contributed by atoms with E-state index in [9.17, 15) is 24.3 Å². The number of carbonyl (C=O) groups is 3. The first-order chi connectivity index (χ1) is 23.7. The zero-order valence-electron chi connectivity index (χ0n) is 30.1. The lowest BCUT2D eigenvalue weighted by molar-refractivity contribution is -0.163. The van der Waals surface area contributed by atoms with Crippen molar-refractivity contribution in [1.82, 2.24) is 19.3 Å². The number of hydrogen-bond acceptors (Lipinski definition) is 6. The molecule has 272 valence electrons. The first kappa shape index (κ1) is 36.1. The topological polar surface area (TPSA) is 112 Å². The van der Waals surface area contributed by atoms with Gasteiger partial charge in [-0.1, -0.05) is 57.2 Å². The average Bonchev–Trinajstić information content (AvgIpc) is 3.53. The third kappa shape index (κ3) is 7.34. The molecule has 4 fully saturated rings. The van der Waals surface area contributed by atoms with Gasteiger partial charge in [0.15, 0.2) is 0 Å². The number of aromatic nitrogens is 1. The maximum Gasteiger partial charge on any atom is 0.410 e. The van der Waals surface area contributed by atoms with Crippen molar-refractivity contribution in [3.8, 4) is 11.1 Å². The van der Waals surface area contributed by atoms with Crippen molar-refractivity contribution in [3.05, 3.63) is 58.3 Å². The smallest absolute Gasteiger partial charge is 0.410 e. The molecule has 10 nitrogen and oxygen atoms in total. The molecule has 0 radical (unpaired) electrons. The van der Waals surface area contributed by atoms with Crippen LogP contribution in [0.25, 0.3) is 11.1 Å². The Labute approximate surface area is 294 Å². The van der Waals surface area contributed by atoms with E-state index in [0.717, 1.165) is 32.1 Å². The van der Waals surface area contributed by atoms with Crippen LogP contribution in [0.5, 0.6) is 0 Å². The van der Waals surface area contributed by atoms with E-state index in [0.29, 0.717) is 25.4 Å². The van der Waals surface area contributed by atoms with Crippen molar-refractivity contribution >= 4 is 17.9 Å². The predicted octanol–water partition coefficient (Wildman–Crippen LogP) is 5.70. The lowest BCUT2D eigenvalue weighted by Gasteiger charge is -2.53. The molecule has 6 rings (SSSR count). The second-order valence-electron chi connectivity index (χ2n) is 16.3. The summed E-state index contributed by atoms with van der Waals surface area (Å²) in [6.45, 7) is 9.27. The van der Waals surface area contributed by atoms with Crippen LogP contribution in [-0.2, 0) is 16.1 Å². The quantitative estimate of drug-likeness (QED) is 0.399. The molecule has 50 heavy (non-hydrogen) atoms. The summed E-state index contributed by atoms with van der Waals surface area (Å²) >= 11 is 0. The molecule has 1 unspecified atom stereocenters. The first-order valence-electron chi connectivity index (χ1n) is 18.5. The monoisotopic (exact) mass is 692 g/mol. The molecule has 1 N–H and O–H groups in total. The van der Waals surface area contributed by atoms with Gasteiger partial charge in [-0.25, -0.2) is 9.18 Å². The van der Waals surface area contributed by atoms with Gasteiger partial charge in [0, 0.05) is 74.0 Å². The molecule has 1 spiro atoms. The van der Waals surface area contributed by atoms with Crippen LogP contribution in [0.1, 0.15) is 95.8 Å². The van der Waals surface area contributed by atoms with Crippen LogP contribution in [0.15, 0.2) is 41.3 Å². The van der Waals surface area contributed by atoms with Crippen molar-refractivity contribution < 1.29 is 28.6 Å². The summed E-state index contributed by atoms with van der Waals surface area (Å²) in [6, 6.07) is 7.36. The minimum atomic E-state index is -1.28. The van der Waals surface area contributed by atoms with Gasteiger partial charge in [-0.2, -0.15) is 0 Å². The van der Waals surface area contributed by atoms with Gasteiger partial charge in [0.1, 0.15) is 11.4 Å². The number of rotatable bonds is 7. The van der Waals surface area contributed by atoms with Crippen molar-refractivity contribution in [1.29, 1.82) is 0 Å². The number of nitrogens with zero attached hydrogens (tertiary/aromatic N) is 4. The minimum absolute atomic E-state index is 0.0320. The highest BCUT2D eigenvalue weighted by molar-refractivity contribution is 6.00. The van der Waals surface area contributed by atoms with Crippen LogP contribution < -0.4 is 5.56 Å². The molecule has 2 saturated carbocycles. The highest BCUT2D eigenvalue weighted by atomic mass is 19.1. The first-order valence-corrected chi connectivity index (χ1v) is 18.5. The highest BCUT2D eigenvalue weighted by Crippen LogP contribution is 2.52. The Kier molecular flexibility index (Phi) is 10.2. The average molecular weight is 693 g/mol. The van der Waals surface area contributed by atoms with E-state index in [1.807, 2.05) is 11.8 Å². The lowest BCUT2D eigenvalue weighted by atomic mass is 9.65. The third-order valence-electron chi connectivity index (χ3n) is 11.7. The number of hydrogen-bond donors (Lipinski definition) is 1. The Morgan fingerprint density at radius 2 is 1.60 bits per heavy atom. The number of benzene rings is 1. The molecule has 2 saturated heterocycles. The van der Waals surface area contributed by atoms with Crippen LogP contribution in [0, 0.1) is 23.1 Å². The van der Waals surface area contributed by atoms with Gasteiger partial charge < -0.3 is 29.1 Å². The number of likely N-dealkylation sites (tertiary alicyclic amines) is 1. The number of ether oxygens (including phenoxy) is 1. The Hall–Kier alpha value is -3.73. The van der Waals surface area contributed by atoms with E-state index >= 15 is 4.39 Å². The molecule has 1 aromatic carbocycles. The molecule has 3 heterocycles. The number of aliphatic hydroxyl groups is 1. The number of amides is 3. The van der Waals surface area contributed by atoms with Crippen LogP contribution in [0.4, 0.5) is 9.18 Å². The molecular weight excluding hydrogens is 639 g/mol. The summed E-state index contributed by atoms with van der Waals surface area (Å²) < 4.78 is 22.1. The van der Waals surface area contributed by atoms with Crippen LogP contribution in [0.2, 0.25) is 0 Å². The predicted molar refractivity (Wildman–Crippen MR) is 188 cm³/mol. The minimum Gasteiger partial charge on any atom is -0.444 e. The Balaban J connectivity index is 1.27. The summed E-state index contributed by atoms with van der Waals surface area (Å²) in [5.74, 6) is -0.222. The van der Waals surface area contributed by atoms with Gasteiger partial charge in [0.2, 0.25) is 5.91 Å². The van der Waals surface area contributed by atoms with Crippen LogP contribution in [-0.4, -0.2) is 92.8 Å². The maximum atomic E-state index is 15.2. The number of piperazine rings is 1. The molecular formula is C39H53FN4O6. The fourth-order valence-corrected chi connectivity index (χ4v) is 8.57. The summed E-state index contributed by atoms with van der Waals surface area (Å²) in [5, 5.41) is 12.5. The maximum absolute atomic E-state index is 15.2. The van der Waals surface area contributed by atoms with E-state index < -0.39 is 34.1 Å². The van der Waals surface area contributed by atoms with Crippen LogP contribution in [0.3, 0.4) is 0 Å². The van der Waals surface area contributed by atoms with Gasteiger partial charge in [0.05, 0.1) is 17.7 Å². The number of halogens is 1.